The van der Waals surface area contributed by atoms with Gasteiger partial charge in [0.1, 0.15) is 6.61 Å². The highest BCUT2D eigenvalue weighted by Gasteiger charge is 2.11. The lowest BCUT2D eigenvalue weighted by Gasteiger charge is -2.06. The van der Waals surface area contributed by atoms with Crippen molar-refractivity contribution in [3.63, 3.8) is 0 Å². The molecule has 0 aliphatic rings. The van der Waals surface area contributed by atoms with E-state index in [-0.39, 0.29) is 0 Å². The fourth-order valence-electron chi connectivity index (χ4n) is 1.82. The monoisotopic (exact) mass is 233 g/mol. The van der Waals surface area contributed by atoms with E-state index in [1.165, 1.54) is 0 Å². The number of nitrogens with one attached hydrogen (secondary N) is 1. The number of hydrogen-bond donors (Lipinski definition) is 2. The number of aliphatic hydroxyl groups excluding tert-OH is 1. The summed E-state index contributed by atoms with van der Waals surface area (Å²) in [5.41, 5.74) is 2.95. The number of aromatic nitrogens is 2. The lowest BCUT2D eigenvalue weighted by atomic mass is 10.2. The van der Waals surface area contributed by atoms with E-state index >= 15 is 0 Å². The van der Waals surface area contributed by atoms with Crippen LogP contribution < -0.4 is 5.32 Å². The Kier molecular flexibility index (Phi) is 3.10. The third-order valence-corrected chi connectivity index (χ3v) is 2.61. The first-order valence-corrected chi connectivity index (χ1v) is 5.53. The molecule has 2 N–H and O–H groups in total. The van der Waals surface area contributed by atoms with Gasteiger partial charge in [-0.2, -0.15) is 0 Å². The summed E-state index contributed by atoms with van der Waals surface area (Å²) in [5, 5.41) is 11.3. The molecule has 0 aliphatic heterocycles. The number of rotatable bonds is 3. The Bertz CT molecular complexity index is 560. The van der Waals surface area contributed by atoms with Crippen molar-refractivity contribution in [3.8, 4) is 0 Å². The number of aliphatic hydroxyl groups is 1. The fourth-order valence-corrected chi connectivity index (χ4v) is 1.82. The minimum Gasteiger partial charge on any atom is -0.387 e. The van der Waals surface area contributed by atoms with Crippen LogP contribution in [0.25, 0.3) is 11.0 Å². The van der Waals surface area contributed by atoms with Gasteiger partial charge < -0.3 is 9.67 Å². The molecule has 2 rings (SSSR count). The minimum absolute atomic E-state index is 0.452. The van der Waals surface area contributed by atoms with Crippen molar-refractivity contribution in [2.75, 3.05) is 11.9 Å². The van der Waals surface area contributed by atoms with Gasteiger partial charge in [0.2, 0.25) is 5.95 Å². The predicted octanol–water partition coefficient (Wildman–Crippen LogP) is 1.30. The molecule has 0 fully saturated rings. The van der Waals surface area contributed by atoms with E-state index in [9.17, 15) is 4.79 Å². The van der Waals surface area contributed by atoms with Gasteiger partial charge in [0, 0.05) is 6.54 Å². The molecule has 1 amide bonds. The maximum absolute atomic E-state index is 11.2. The molecule has 0 aliphatic carbocycles. The Balaban J connectivity index is 2.51. The van der Waals surface area contributed by atoms with Crippen LogP contribution in [-0.4, -0.2) is 27.2 Å². The number of aryl methyl sites for hydroxylation is 2. The third-order valence-electron chi connectivity index (χ3n) is 2.61. The van der Waals surface area contributed by atoms with Crippen molar-refractivity contribution in [1.29, 1.82) is 0 Å². The second-order valence-corrected chi connectivity index (χ2v) is 3.88. The molecular weight excluding hydrogens is 218 g/mol. The number of carbonyl (C=O) groups excluding carboxylic acids is 1. The Labute approximate surface area is 99.1 Å². The molecule has 0 radical (unpaired) electrons. The zero-order valence-electron chi connectivity index (χ0n) is 9.90. The SMILES string of the molecule is CCn1c(NC(=O)CO)nc2cc(C)ccc21. The topological polar surface area (TPSA) is 67.2 Å². The van der Waals surface area contributed by atoms with Crippen LogP contribution in [0.1, 0.15) is 12.5 Å². The first kappa shape index (κ1) is 11.6. The Morgan fingerprint density at radius 2 is 2.29 bits per heavy atom. The highest BCUT2D eigenvalue weighted by Crippen LogP contribution is 2.20. The third kappa shape index (κ3) is 2.14. The highest BCUT2D eigenvalue weighted by atomic mass is 16.3. The first-order valence-electron chi connectivity index (χ1n) is 5.53. The number of benzene rings is 1. The normalized spacial score (nSPS) is 10.8. The summed E-state index contributed by atoms with van der Waals surface area (Å²) >= 11 is 0. The lowest BCUT2D eigenvalue weighted by molar-refractivity contribution is -0.118. The molecule has 1 aromatic carbocycles. The summed E-state index contributed by atoms with van der Waals surface area (Å²) in [4.78, 5) is 15.5. The maximum atomic E-state index is 11.2. The largest absolute Gasteiger partial charge is 0.387 e. The highest BCUT2D eigenvalue weighted by molar-refractivity contribution is 5.92. The van der Waals surface area contributed by atoms with Crippen LogP contribution in [0.3, 0.4) is 0 Å². The van der Waals surface area contributed by atoms with Crippen molar-refractivity contribution in [2.24, 2.45) is 0 Å². The van der Waals surface area contributed by atoms with Gasteiger partial charge >= 0.3 is 0 Å². The van der Waals surface area contributed by atoms with E-state index in [0.717, 1.165) is 16.6 Å². The van der Waals surface area contributed by atoms with E-state index in [1.807, 2.05) is 36.6 Å². The fraction of sp³-hybridized carbons (Fsp3) is 0.333. The quantitative estimate of drug-likeness (QED) is 0.839. The Morgan fingerprint density at radius 3 is 2.94 bits per heavy atom. The molecule has 0 saturated heterocycles. The van der Waals surface area contributed by atoms with Crippen LogP contribution in [-0.2, 0) is 11.3 Å². The van der Waals surface area contributed by atoms with Gasteiger partial charge in [0.15, 0.2) is 0 Å². The van der Waals surface area contributed by atoms with E-state index in [4.69, 9.17) is 5.11 Å². The summed E-state index contributed by atoms with van der Waals surface area (Å²) in [6.07, 6.45) is 0. The van der Waals surface area contributed by atoms with Crippen LogP contribution in [0.15, 0.2) is 18.2 Å². The summed E-state index contributed by atoms with van der Waals surface area (Å²) in [7, 11) is 0. The number of amides is 1. The second kappa shape index (κ2) is 4.55. The zero-order valence-corrected chi connectivity index (χ0v) is 9.90. The zero-order chi connectivity index (χ0) is 12.4. The van der Waals surface area contributed by atoms with Crippen LogP contribution in [0, 0.1) is 6.92 Å². The molecule has 2 aromatic rings. The summed E-state index contributed by atoms with van der Waals surface area (Å²) in [6.45, 7) is 4.15. The summed E-state index contributed by atoms with van der Waals surface area (Å²) < 4.78 is 1.91. The molecule has 5 nitrogen and oxygen atoms in total. The maximum Gasteiger partial charge on any atom is 0.252 e. The van der Waals surface area contributed by atoms with Gasteiger partial charge in [0.25, 0.3) is 5.91 Å². The van der Waals surface area contributed by atoms with E-state index in [0.29, 0.717) is 12.5 Å². The molecule has 0 unspecified atom stereocenters. The first-order chi connectivity index (χ1) is 8.15. The number of imidazole rings is 1. The van der Waals surface area contributed by atoms with E-state index in [1.54, 1.807) is 0 Å². The van der Waals surface area contributed by atoms with Gasteiger partial charge in [-0.25, -0.2) is 4.98 Å². The van der Waals surface area contributed by atoms with Crippen LogP contribution in [0.4, 0.5) is 5.95 Å². The summed E-state index contributed by atoms with van der Waals surface area (Å²) in [5.74, 6) is 0.0267. The van der Waals surface area contributed by atoms with Crippen molar-refractivity contribution >= 4 is 22.9 Å². The standard InChI is InChI=1S/C12H15N3O2/c1-3-15-10-5-4-8(2)6-9(10)13-12(15)14-11(17)7-16/h4-6,16H,3,7H2,1-2H3,(H,13,14,17). The van der Waals surface area contributed by atoms with E-state index in [2.05, 4.69) is 10.3 Å². The Hall–Kier alpha value is -1.88. The second-order valence-electron chi connectivity index (χ2n) is 3.88. The average Bonchev–Trinajstić information content (AvgIpc) is 2.64. The molecule has 17 heavy (non-hydrogen) atoms. The van der Waals surface area contributed by atoms with Crippen LogP contribution in [0.5, 0.6) is 0 Å². The number of carbonyl (C=O) groups is 1. The number of hydrogen-bond acceptors (Lipinski definition) is 3. The smallest absolute Gasteiger partial charge is 0.252 e. The molecular formula is C12H15N3O2. The molecule has 0 spiro atoms. The van der Waals surface area contributed by atoms with Gasteiger partial charge in [-0.1, -0.05) is 6.07 Å². The van der Waals surface area contributed by atoms with Crippen LogP contribution in [0.2, 0.25) is 0 Å². The van der Waals surface area contributed by atoms with Gasteiger partial charge in [0.05, 0.1) is 11.0 Å². The number of anilines is 1. The van der Waals surface area contributed by atoms with Crippen molar-refractivity contribution in [1.82, 2.24) is 9.55 Å². The van der Waals surface area contributed by atoms with Gasteiger partial charge in [-0.05, 0) is 31.5 Å². The molecule has 5 heteroatoms. The predicted molar refractivity (Wildman–Crippen MR) is 65.9 cm³/mol. The lowest BCUT2D eigenvalue weighted by Crippen LogP contribution is -2.18. The van der Waals surface area contributed by atoms with Crippen LogP contribution >= 0.6 is 0 Å². The Morgan fingerprint density at radius 1 is 1.53 bits per heavy atom. The number of nitrogens with zero attached hydrogens (tertiary/aromatic N) is 2. The minimum atomic E-state index is -0.536. The van der Waals surface area contributed by atoms with Gasteiger partial charge in [-0.15, -0.1) is 0 Å². The molecule has 0 saturated carbocycles. The average molecular weight is 233 g/mol. The molecule has 90 valence electrons. The molecule has 0 atom stereocenters. The number of fused-ring (bicyclic) bond motifs is 1. The van der Waals surface area contributed by atoms with Crippen molar-refractivity contribution in [2.45, 2.75) is 20.4 Å². The molecule has 1 aromatic heterocycles. The molecule has 0 bridgehead atoms. The van der Waals surface area contributed by atoms with E-state index < -0.39 is 12.5 Å². The summed E-state index contributed by atoms with van der Waals surface area (Å²) in [6, 6.07) is 5.96. The van der Waals surface area contributed by atoms with Crippen molar-refractivity contribution < 1.29 is 9.90 Å². The van der Waals surface area contributed by atoms with Gasteiger partial charge in [-0.3, -0.25) is 10.1 Å². The molecule has 1 heterocycles. The van der Waals surface area contributed by atoms with Crippen molar-refractivity contribution in [3.05, 3.63) is 23.8 Å².